The summed E-state index contributed by atoms with van der Waals surface area (Å²) in [6.07, 6.45) is 17.4. The van der Waals surface area contributed by atoms with E-state index in [1.807, 2.05) is 0 Å². The van der Waals surface area contributed by atoms with Gasteiger partial charge in [0.1, 0.15) is 0 Å². The molecule has 0 saturated heterocycles. The molecule has 2 aliphatic carbocycles. The molecule has 0 saturated carbocycles. The third-order valence-corrected chi connectivity index (χ3v) is 10.5. The number of aliphatic imine (C=N–C) groups is 1. The summed E-state index contributed by atoms with van der Waals surface area (Å²) >= 11 is 0. The second kappa shape index (κ2) is 13.3. The van der Waals surface area contributed by atoms with Crippen molar-refractivity contribution in [3.63, 3.8) is 0 Å². The number of nitrogens with zero attached hydrogens (tertiary/aromatic N) is 2. The van der Waals surface area contributed by atoms with E-state index >= 15 is 0 Å². The molecule has 0 unspecified atom stereocenters. The van der Waals surface area contributed by atoms with Gasteiger partial charge in [0.15, 0.2) is 0 Å². The Bertz CT molecular complexity index is 2320. The minimum atomic E-state index is 0.782. The van der Waals surface area contributed by atoms with E-state index < -0.39 is 0 Å². The summed E-state index contributed by atoms with van der Waals surface area (Å²) < 4.78 is 0. The molecule has 6 aromatic carbocycles. The molecule has 0 aromatic heterocycles. The lowest BCUT2D eigenvalue weighted by Gasteiger charge is -2.30. The molecular weight excluding hydrogens is 605 g/mol. The van der Waals surface area contributed by atoms with E-state index in [9.17, 15) is 0 Å². The van der Waals surface area contributed by atoms with Crippen molar-refractivity contribution in [3.8, 4) is 11.1 Å². The van der Waals surface area contributed by atoms with Gasteiger partial charge in [0.2, 0.25) is 0 Å². The summed E-state index contributed by atoms with van der Waals surface area (Å²) in [6.45, 7) is 0. The Labute approximate surface area is 295 Å². The van der Waals surface area contributed by atoms with Crippen molar-refractivity contribution in [2.45, 2.75) is 44.9 Å². The van der Waals surface area contributed by atoms with Gasteiger partial charge < -0.3 is 4.90 Å². The van der Waals surface area contributed by atoms with Crippen LogP contribution in [0.25, 0.3) is 33.0 Å². The van der Waals surface area contributed by atoms with E-state index in [-0.39, 0.29) is 0 Å². The van der Waals surface area contributed by atoms with Crippen LogP contribution in [0.4, 0.5) is 22.7 Å². The quantitative estimate of drug-likeness (QED) is 0.169. The second-order valence-corrected chi connectivity index (χ2v) is 13.6. The maximum Gasteiger partial charge on any atom is 0.0768 e. The molecule has 6 aromatic rings. The van der Waals surface area contributed by atoms with E-state index in [1.54, 1.807) is 0 Å². The maximum absolute atomic E-state index is 5.36. The standard InChI is InChI=1S/C48H40N2/c1-5-15-34(16-6-1)35-25-27-40(28-26-35)50(41-29-30-42(36-17-7-2-8-18-36)44(32-41)37-19-9-3-10-20-37)47-31-39-23-13-14-24-43(39)48-45(47)33-46(49-48)38-21-11-4-12-22-38/h1,4-6,9,11-17,19-32H,2-3,7-8,10,18,33H2. The maximum atomic E-state index is 5.36. The predicted octanol–water partition coefficient (Wildman–Crippen LogP) is 13.3. The first-order chi connectivity index (χ1) is 24.8. The van der Waals surface area contributed by atoms with Crippen LogP contribution in [0.15, 0.2) is 163 Å². The molecule has 0 bridgehead atoms. The molecule has 0 spiro atoms. The van der Waals surface area contributed by atoms with Gasteiger partial charge in [0.25, 0.3) is 0 Å². The highest BCUT2D eigenvalue weighted by Crippen LogP contribution is 2.48. The number of hydrogen-bond donors (Lipinski definition) is 0. The Morgan fingerprint density at radius 3 is 2.06 bits per heavy atom. The average molecular weight is 645 g/mol. The average Bonchev–Trinajstić information content (AvgIpc) is 3.66. The van der Waals surface area contributed by atoms with Crippen LogP contribution in [0.5, 0.6) is 0 Å². The van der Waals surface area contributed by atoms with Gasteiger partial charge in [-0.25, -0.2) is 0 Å². The SMILES string of the molecule is C1=CC(c2cc(N(c3ccc(-c4ccccc4)cc3)c3cc4ccccc4c4c3CC(c3ccccc3)=N4)ccc2C2=CCCCC2)=CCC1. The number of fused-ring (bicyclic) bond motifs is 3. The Balaban J connectivity index is 1.25. The molecule has 2 heteroatoms. The van der Waals surface area contributed by atoms with Gasteiger partial charge in [-0.3, -0.25) is 4.99 Å². The molecule has 0 radical (unpaired) electrons. The fourth-order valence-electron chi connectivity index (χ4n) is 7.94. The fraction of sp³-hybridized carbons (Fsp3) is 0.146. The summed E-state index contributed by atoms with van der Waals surface area (Å²) in [4.78, 5) is 7.85. The number of benzene rings is 6. The first-order valence-corrected chi connectivity index (χ1v) is 18.1. The summed E-state index contributed by atoms with van der Waals surface area (Å²) in [5.74, 6) is 0. The highest BCUT2D eigenvalue weighted by atomic mass is 15.1. The number of hydrogen-bond acceptors (Lipinski definition) is 2. The first-order valence-electron chi connectivity index (χ1n) is 18.1. The Morgan fingerprint density at radius 1 is 0.560 bits per heavy atom. The Kier molecular flexibility index (Phi) is 8.06. The molecule has 9 rings (SSSR count). The summed E-state index contributed by atoms with van der Waals surface area (Å²) in [5.41, 5.74) is 16.1. The van der Waals surface area contributed by atoms with Crippen molar-refractivity contribution < 1.29 is 0 Å². The first kappa shape index (κ1) is 30.3. The molecule has 1 heterocycles. The van der Waals surface area contributed by atoms with E-state index in [2.05, 4.69) is 163 Å². The summed E-state index contributed by atoms with van der Waals surface area (Å²) in [5, 5.41) is 2.40. The van der Waals surface area contributed by atoms with Crippen LogP contribution in [0.3, 0.4) is 0 Å². The van der Waals surface area contributed by atoms with Crippen LogP contribution in [-0.2, 0) is 6.42 Å². The smallest absolute Gasteiger partial charge is 0.0768 e. The molecule has 2 nitrogen and oxygen atoms in total. The third kappa shape index (κ3) is 5.71. The number of allylic oxidation sites excluding steroid dienone is 6. The molecule has 0 N–H and O–H groups in total. The molecular formula is C48H40N2. The van der Waals surface area contributed by atoms with Gasteiger partial charge >= 0.3 is 0 Å². The molecule has 3 aliphatic rings. The zero-order chi connectivity index (χ0) is 33.3. The van der Waals surface area contributed by atoms with E-state index in [0.29, 0.717) is 0 Å². The monoisotopic (exact) mass is 644 g/mol. The normalized spacial score (nSPS) is 15.3. The molecule has 0 fully saturated rings. The van der Waals surface area contributed by atoms with Crippen molar-refractivity contribution in [1.29, 1.82) is 0 Å². The second-order valence-electron chi connectivity index (χ2n) is 13.6. The molecule has 50 heavy (non-hydrogen) atoms. The summed E-state index contributed by atoms with van der Waals surface area (Å²) in [6, 6.07) is 48.7. The molecule has 0 amide bonds. The van der Waals surface area contributed by atoms with Crippen LogP contribution < -0.4 is 4.90 Å². The minimum Gasteiger partial charge on any atom is -0.310 e. The van der Waals surface area contributed by atoms with E-state index in [4.69, 9.17) is 4.99 Å². The molecule has 1 aliphatic heterocycles. The van der Waals surface area contributed by atoms with Crippen molar-refractivity contribution in [2.24, 2.45) is 4.99 Å². The van der Waals surface area contributed by atoms with Crippen LogP contribution in [0.2, 0.25) is 0 Å². The van der Waals surface area contributed by atoms with Crippen molar-refractivity contribution in [1.82, 2.24) is 0 Å². The number of rotatable bonds is 7. The lowest BCUT2D eigenvalue weighted by Crippen LogP contribution is -2.14. The van der Waals surface area contributed by atoms with Gasteiger partial charge in [-0.15, -0.1) is 0 Å². The van der Waals surface area contributed by atoms with Crippen molar-refractivity contribution in [2.75, 3.05) is 4.90 Å². The van der Waals surface area contributed by atoms with Crippen LogP contribution >= 0.6 is 0 Å². The predicted molar refractivity (Wildman–Crippen MR) is 213 cm³/mol. The van der Waals surface area contributed by atoms with Crippen molar-refractivity contribution in [3.05, 3.63) is 180 Å². The van der Waals surface area contributed by atoms with Gasteiger partial charge in [-0.2, -0.15) is 0 Å². The molecule has 0 atom stereocenters. The summed E-state index contributed by atoms with van der Waals surface area (Å²) in [7, 11) is 0. The van der Waals surface area contributed by atoms with Gasteiger partial charge in [0.05, 0.1) is 17.1 Å². The zero-order valence-corrected chi connectivity index (χ0v) is 28.4. The van der Waals surface area contributed by atoms with Crippen LogP contribution in [0, 0.1) is 0 Å². The largest absolute Gasteiger partial charge is 0.310 e. The van der Waals surface area contributed by atoms with Crippen LogP contribution in [-0.4, -0.2) is 5.71 Å². The van der Waals surface area contributed by atoms with Gasteiger partial charge in [-0.1, -0.05) is 127 Å². The van der Waals surface area contributed by atoms with Crippen molar-refractivity contribution >= 4 is 50.4 Å². The fourth-order valence-corrected chi connectivity index (χ4v) is 7.94. The minimum absolute atomic E-state index is 0.782. The molecule has 242 valence electrons. The zero-order valence-electron chi connectivity index (χ0n) is 28.4. The Morgan fingerprint density at radius 2 is 1.30 bits per heavy atom. The highest BCUT2D eigenvalue weighted by molar-refractivity contribution is 6.13. The van der Waals surface area contributed by atoms with E-state index in [1.165, 1.54) is 73.8 Å². The van der Waals surface area contributed by atoms with Gasteiger partial charge in [0, 0.05) is 28.7 Å². The highest BCUT2D eigenvalue weighted by Gasteiger charge is 2.27. The lowest BCUT2D eigenvalue weighted by atomic mass is 9.86. The van der Waals surface area contributed by atoms with Crippen LogP contribution in [0.1, 0.15) is 60.8 Å². The lowest BCUT2D eigenvalue weighted by molar-refractivity contribution is 0.742. The third-order valence-electron chi connectivity index (χ3n) is 10.5. The number of anilines is 3. The van der Waals surface area contributed by atoms with E-state index in [0.717, 1.165) is 54.9 Å². The Hall–Kier alpha value is -5.73. The van der Waals surface area contributed by atoms with Gasteiger partial charge in [-0.05, 0) is 113 Å². The topological polar surface area (TPSA) is 15.6 Å².